The first-order valence-corrected chi connectivity index (χ1v) is 4.35. The van der Waals surface area contributed by atoms with E-state index in [4.69, 9.17) is 7.98 Å². The minimum Gasteiger partial charge on any atom is -0.366 e. The van der Waals surface area contributed by atoms with Crippen molar-refractivity contribution in [3.05, 3.63) is 0 Å². The van der Waals surface area contributed by atoms with Crippen LogP contribution in [0.5, 0.6) is 0 Å². The lowest BCUT2D eigenvalue weighted by molar-refractivity contribution is 0.605. The van der Waals surface area contributed by atoms with E-state index < -0.39 is 0 Å². The van der Waals surface area contributed by atoms with Crippen LogP contribution in [0.3, 0.4) is 0 Å². The maximum Gasteiger partial charge on any atom is 0.177 e. The largest absolute Gasteiger partial charge is 0.366 e. The number of rotatable bonds is 7. The summed E-state index contributed by atoms with van der Waals surface area (Å²) in [6, 6.07) is 0. The van der Waals surface area contributed by atoms with E-state index in [9.17, 15) is 0 Å². The molecule has 0 aromatic rings. The molecule has 2 radical (unpaired) electrons. The van der Waals surface area contributed by atoms with Gasteiger partial charge in [-0.25, -0.2) is 0 Å². The Kier molecular flexibility index (Phi) is 9.05. The van der Waals surface area contributed by atoms with Gasteiger partial charge in [0, 0.05) is 0 Å². The first-order chi connectivity index (χ1) is 4.91. The molecule has 0 heterocycles. The Morgan fingerprint density at radius 2 is 1.60 bits per heavy atom. The van der Waals surface area contributed by atoms with Gasteiger partial charge in [-0.05, 0) is 13.0 Å². The molecule has 0 fully saturated rings. The van der Waals surface area contributed by atoms with Crippen molar-refractivity contribution in [2.75, 3.05) is 6.54 Å². The van der Waals surface area contributed by atoms with Crippen LogP contribution in [0.15, 0.2) is 0 Å². The van der Waals surface area contributed by atoms with E-state index in [0.717, 1.165) is 6.54 Å². The maximum absolute atomic E-state index is 5.12. The predicted molar refractivity (Wildman–Crippen MR) is 47.1 cm³/mol. The SMILES string of the molecule is [B]NCCCCCCCC. The van der Waals surface area contributed by atoms with Crippen molar-refractivity contribution in [1.82, 2.24) is 5.23 Å². The molecule has 0 aromatic carbocycles. The molecule has 1 nitrogen and oxygen atoms in total. The third-order valence-corrected chi connectivity index (χ3v) is 1.67. The summed E-state index contributed by atoms with van der Waals surface area (Å²) in [6.45, 7) is 3.20. The van der Waals surface area contributed by atoms with Crippen LogP contribution in [0.25, 0.3) is 0 Å². The molecule has 0 aliphatic heterocycles. The molecule has 0 saturated carbocycles. The molecule has 0 amide bonds. The van der Waals surface area contributed by atoms with Gasteiger partial charge in [-0.15, -0.1) is 0 Å². The average molecular weight is 139 g/mol. The zero-order valence-electron chi connectivity index (χ0n) is 7.03. The molecule has 1 N–H and O–H groups in total. The van der Waals surface area contributed by atoms with Gasteiger partial charge in [0.05, 0.1) is 0 Å². The highest BCUT2D eigenvalue weighted by atomic mass is 14.7. The highest BCUT2D eigenvalue weighted by Gasteiger charge is 1.87. The number of hydrogen-bond acceptors (Lipinski definition) is 1. The minimum atomic E-state index is 0.964. The zero-order chi connectivity index (χ0) is 7.66. The molecule has 0 spiro atoms. The molecule has 10 heavy (non-hydrogen) atoms. The molecule has 0 aliphatic carbocycles. The average Bonchev–Trinajstić information content (AvgIpc) is 1.97. The normalized spacial score (nSPS) is 10.1. The Bertz CT molecular complexity index is 49.2. The maximum atomic E-state index is 5.12. The Balaban J connectivity index is 2.65. The van der Waals surface area contributed by atoms with Crippen LogP contribution < -0.4 is 5.23 Å². The zero-order valence-corrected chi connectivity index (χ0v) is 7.03. The number of hydrogen-bond donors (Lipinski definition) is 1. The lowest BCUT2D eigenvalue weighted by atomic mass is 10.1. The molecule has 2 heteroatoms. The first-order valence-electron chi connectivity index (χ1n) is 4.35. The topological polar surface area (TPSA) is 12.0 Å². The minimum absolute atomic E-state index is 0.964. The Morgan fingerprint density at radius 1 is 1.00 bits per heavy atom. The van der Waals surface area contributed by atoms with E-state index in [0.29, 0.717) is 0 Å². The third-order valence-electron chi connectivity index (χ3n) is 1.67. The van der Waals surface area contributed by atoms with Gasteiger partial charge in [0.25, 0.3) is 0 Å². The number of nitrogens with one attached hydrogen (secondary N) is 1. The summed E-state index contributed by atoms with van der Waals surface area (Å²) < 4.78 is 0. The molecule has 0 saturated heterocycles. The fourth-order valence-electron chi connectivity index (χ4n) is 1.01. The quantitative estimate of drug-likeness (QED) is 0.420. The highest BCUT2D eigenvalue weighted by molar-refractivity contribution is 6.04. The van der Waals surface area contributed by atoms with E-state index in [1.54, 1.807) is 0 Å². The second kappa shape index (κ2) is 9.02. The standard InChI is InChI=1S/C8H18BN/c1-2-3-4-5-6-7-8-10-9/h10H,2-8H2,1H3. The van der Waals surface area contributed by atoms with Gasteiger partial charge in [0.1, 0.15) is 0 Å². The smallest absolute Gasteiger partial charge is 0.177 e. The van der Waals surface area contributed by atoms with Crippen molar-refractivity contribution < 1.29 is 0 Å². The molecule has 0 bridgehead atoms. The second-order valence-electron chi connectivity index (χ2n) is 2.72. The van der Waals surface area contributed by atoms with Crippen LogP contribution in [0, 0.1) is 0 Å². The number of unbranched alkanes of at least 4 members (excludes halogenated alkanes) is 5. The van der Waals surface area contributed by atoms with Crippen molar-refractivity contribution >= 4 is 7.98 Å². The van der Waals surface area contributed by atoms with Gasteiger partial charge >= 0.3 is 0 Å². The predicted octanol–water partition coefficient (Wildman–Crippen LogP) is 2.02. The van der Waals surface area contributed by atoms with Gasteiger partial charge in [0.15, 0.2) is 7.98 Å². The molecular formula is C8H18BN. The fraction of sp³-hybridized carbons (Fsp3) is 1.00. The monoisotopic (exact) mass is 139 g/mol. The first kappa shape index (κ1) is 10.0. The Morgan fingerprint density at radius 3 is 2.20 bits per heavy atom. The molecule has 0 unspecified atom stereocenters. The molecular weight excluding hydrogens is 121 g/mol. The Hall–Kier alpha value is 0.0249. The van der Waals surface area contributed by atoms with Crippen LogP contribution in [0.2, 0.25) is 0 Å². The summed E-state index contributed by atoms with van der Waals surface area (Å²) in [7, 11) is 5.12. The van der Waals surface area contributed by atoms with E-state index >= 15 is 0 Å². The van der Waals surface area contributed by atoms with E-state index in [1.807, 2.05) is 0 Å². The van der Waals surface area contributed by atoms with Gasteiger partial charge < -0.3 is 5.23 Å². The lowest BCUT2D eigenvalue weighted by Crippen LogP contribution is -2.09. The van der Waals surface area contributed by atoms with E-state index in [2.05, 4.69) is 12.2 Å². The fourth-order valence-corrected chi connectivity index (χ4v) is 1.01. The lowest BCUT2D eigenvalue weighted by Gasteiger charge is -1.98. The Labute approximate surface area is 66.0 Å². The van der Waals surface area contributed by atoms with Gasteiger partial charge in [-0.1, -0.05) is 39.0 Å². The third kappa shape index (κ3) is 8.02. The van der Waals surface area contributed by atoms with Crippen LogP contribution in [0.4, 0.5) is 0 Å². The van der Waals surface area contributed by atoms with Gasteiger partial charge in [-0.3, -0.25) is 0 Å². The molecule has 0 rings (SSSR count). The van der Waals surface area contributed by atoms with Gasteiger partial charge in [-0.2, -0.15) is 0 Å². The van der Waals surface area contributed by atoms with E-state index in [1.165, 1.54) is 38.5 Å². The second-order valence-corrected chi connectivity index (χ2v) is 2.72. The summed E-state index contributed by atoms with van der Waals surface area (Å²) in [5.74, 6) is 0. The summed E-state index contributed by atoms with van der Waals surface area (Å²) >= 11 is 0. The van der Waals surface area contributed by atoms with Crippen molar-refractivity contribution in [3.63, 3.8) is 0 Å². The highest BCUT2D eigenvalue weighted by Crippen LogP contribution is 2.03. The van der Waals surface area contributed by atoms with Crippen LogP contribution in [0.1, 0.15) is 45.4 Å². The summed E-state index contributed by atoms with van der Waals surface area (Å²) in [5.41, 5.74) is 0. The van der Waals surface area contributed by atoms with Crippen LogP contribution >= 0.6 is 0 Å². The van der Waals surface area contributed by atoms with Crippen molar-refractivity contribution in [1.29, 1.82) is 0 Å². The van der Waals surface area contributed by atoms with E-state index in [-0.39, 0.29) is 0 Å². The summed E-state index contributed by atoms with van der Waals surface area (Å²) in [4.78, 5) is 0. The van der Waals surface area contributed by atoms with Crippen LogP contribution in [-0.2, 0) is 0 Å². The van der Waals surface area contributed by atoms with Crippen molar-refractivity contribution in [3.8, 4) is 0 Å². The molecule has 0 aromatic heterocycles. The molecule has 0 aliphatic rings. The molecule has 58 valence electrons. The van der Waals surface area contributed by atoms with Gasteiger partial charge in [0.2, 0.25) is 0 Å². The molecule has 0 atom stereocenters. The van der Waals surface area contributed by atoms with Crippen LogP contribution in [-0.4, -0.2) is 14.5 Å². The van der Waals surface area contributed by atoms with Crippen molar-refractivity contribution in [2.45, 2.75) is 45.4 Å². The summed E-state index contributed by atoms with van der Waals surface area (Å²) in [5, 5.41) is 2.66. The van der Waals surface area contributed by atoms with Crippen molar-refractivity contribution in [2.24, 2.45) is 0 Å². The summed E-state index contributed by atoms with van der Waals surface area (Å²) in [6.07, 6.45) is 8.02.